The molecule has 78 valence electrons. The van der Waals surface area contributed by atoms with Gasteiger partial charge in [0.1, 0.15) is 6.17 Å². The molecule has 3 atom stereocenters. The molecule has 1 saturated carbocycles. The number of alkyl halides is 1. The fraction of sp³-hybridized carbons (Fsp3) is 0.857. The minimum atomic E-state index is -0.833. The van der Waals surface area contributed by atoms with Crippen molar-refractivity contribution in [3.63, 3.8) is 0 Å². The van der Waals surface area contributed by atoms with Gasteiger partial charge in [-0.05, 0) is 16.8 Å². The molecule has 0 aromatic carbocycles. The summed E-state index contributed by atoms with van der Waals surface area (Å²) in [6.45, 7) is 1.83. The molecule has 0 saturated heterocycles. The molecule has 2 rings (SSSR count). The standard InChI is InChI=1S/C7H13FN6/c1-7(3-4(7)8)5(10-9)6-11-12-13-14(6)2/h4-5,10H,3,9H2,1-2H3. The molecule has 1 fully saturated rings. The van der Waals surface area contributed by atoms with E-state index < -0.39 is 11.6 Å². The lowest BCUT2D eigenvalue weighted by Crippen LogP contribution is -2.36. The molecule has 1 heterocycles. The van der Waals surface area contributed by atoms with Gasteiger partial charge >= 0.3 is 0 Å². The van der Waals surface area contributed by atoms with Crippen molar-refractivity contribution in [1.29, 1.82) is 0 Å². The molecule has 3 N–H and O–H groups in total. The SMILES string of the molecule is Cn1nnnc1C(NN)C1(C)CC1F. The largest absolute Gasteiger partial charge is 0.271 e. The van der Waals surface area contributed by atoms with Gasteiger partial charge in [0.05, 0.1) is 6.04 Å². The second kappa shape index (κ2) is 2.96. The van der Waals surface area contributed by atoms with Gasteiger partial charge in [-0.1, -0.05) is 6.92 Å². The number of rotatable bonds is 3. The Morgan fingerprint density at radius 3 is 2.79 bits per heavy atom. The van der Waals surface area contributed by atoms with Crippen LogP contribution in [0, 0.1) is 5.41 Å². The van der Waals surface area contributed by atoms with Gasteiger partial charge in [-0.3, -0.25) is 5.84 Å². The van der Waals surface area contributed by atoms with Gasteiger partial charge in [0.15, 0.2) is 5.82 Å². The Labute approximate surface area is 80.6 Å². The number of halogens is 1. The van der Waals surface area contributed by atoms with Crippen molar-refractivity contribution in [3.05, 3.63) is 5.82 Å². The Morgan fingerprint density at radius 1 is 1.79 bits per heavy atom. The highest BCUT2D eigenvalue weighted by atomic mass is 19.1. The molecule has 0 amide bonds. The molecule has 1 aliphatic carbocycles. The Morgan fingerprint density at radius 2 is 2.43 bits per heavy atom. The van der Waals surface area contributed by atoms with Crippen LogP contribution in [0.25, 0.3) is 0 Å². The average molecular weight is 200 g/mol. The zero-order chi connectivity index (χ0) is 10.3. The van der Waals surface area contributed by atoms with E-state index in [4.69, 9.17) is 5.84 Å². The highest BCUT2D eigenvalue weighted by Gasteiger charge is 2.58. The van der Waals surface area contributed by atoms with Crippen molar-refractivity contribution in [2.45, 2.75) is 25.6 Å². The van der Waals surface area contributed by atoms with Crippen molar-refractivity contribution in [2.75, 3.05) is 0 Å². The zero-order valence-electron chi connectivity index (χ0n) is 8.11. The van der Waals surface area contributed by atoms with Crippen molar-refractivity contribution in [3.8, 4) is 0 Å². The molecular formula is C7H13FN6. The Kier molecular flexibility index (Phi) is 2.00. The summed E-state index contributed by atoms with van der Waals surface area (Å²) < 4.78 is 14.6. The lowest BCUT2D eigenvalue weighted by molar-refractivity contribution is 0.280. The number of nitrogens with one attached hydrogen (secondary N) is 1. The van der Waals surface area contributed by atoms with E-state index in [2.05, 4.69) is 21.0 Å². The zero-order valence-corrected chi connectivity index (χ0v) is 8.11. The molecule has 0 spiro atoms. The maximum absolute atomic E-state index is 13.1. The van der Waals surface area contributed by atoms with E-state index in [1.165, 1.54) is 4.68 Å². The van der Waals surface area contributed by atoms with Crippen LogP contribution in [0.15, 0.2) is 0 Å². The number of nitrogens with two attached hydrogens (primary N) is 1. The van der Waals surface area contributed by atoms with Crippen LogP contribution in [0.3, 0.4) is 0 Å². The first-order valence-electron chi connectivity index (χ1n) is 4.42. The van der Waals surface area contributed by atoms with Crippen LogP contribution < -0.4 is 11.3 Å². The molecule has 1 aliphatic rings. The van der Waals surface area contributed by atoms with Crippen LogP contribution in [-0.4, -0.2) is 26.4 Å². The van der Waals surface area contributed by atoms with Crippen LogP contribution in [0.2, 0.25) is 0 Å². The molecule has 6 nitrogen and oxygen atoms in total. The Balaban J connectivity index is 2.27. The van der Waals surface area contributed by atoms with Crippen molar-refractivity contribution in [1.82, 2.24) is 25.6 Å². The van der Waals surface area contributed by atoms with Crippen LogP contribution in [0.4, 0.5) is 4.39 Å². The molecule has 1 aromatic heterocycles. The van der Waals surface area contributed by atoms with Gasteiger partial charge in [0.2, 0.25) is 0 Å². The molecular weight excluding hydrogens is 187 g/mol. The van der Waals surface area contributed by atoms with E-state index >= 15 is 0 Å². The van der Waals surface area contributed by atoms with Crippen LogP contribution in [0.5, 0.6) is 0 Å². The molecule has 0 aliphatic heterocycles. The van der Waals surface area contributed by atoms with Gasteiger partial charge in [-0.15, -0.1) is 5.10 Å². The summed E-state index contributed by atoms with van der Waals surface area (Å²) in [4.78, 5) is 0. The minimum absolute atomic E-state index is 0.336. The number of hydrogen-bond acceptors (Lipinski definition) is 5. The van der Waals surface area contributed by atoms with Gasteiger partial charge < -0.3 is 0 Å². The maximum Gasteiger partial charge on any atom is 0.169 e. The summed E-state index contributed by atoms with van der Waals surface area (Å²) in [5.41, 5.74) is 2.10. The normalized spacial score (nSPS) is 33.0. The first kappa shape index (κ1) is 9.47. The van der Waals surface area contributed by atoms with Crippen LogP contribution in [-0.2, 0) is 7.05 Å². The summed E-state index contributed by atoms with van der Waals surface area (Å²) >= 11 is 0. The van der Waals surface area contributed by atoms with E-state index in [0.29, 0.717) is 12.2 Å². The van der Waals surface area contributed by atoms with Gasteiger partial charge in [-0.25, -0.2) is 14.5 Å². The Hall–Kier alpha value is -1.08. The number of nitrogens with zero attached hydrogens (tertiary/aromatic N) is 4. The first-order chi connectivity index (χ1) is 6.59. The highest BCUT2D eigenvalue weighted by Crippen LogP contribution is 2.55. The third-order valence-corrected chi connectivity index (χ3v) is 2.91. The number of hydrogen-bond donors (Lipinski definition) is 2. The number of aromatic nitrogens is 4. The van der Waals surface area contributed by atoms with E-state index in [-0.39, 0.29) is 6.04 Å². The number of hydrazine groups is 1. The second-order valence-corrected chi connectivity index (χ2v) is 3.94. The summed E-state index contributed by atoms with van der Waals surface area (Å²) in [6, 6.07) is -0.336. The summed E-state index contributed by atoms with van der Waals surface area (Å²) in [6.07, 6.45) is -0.338. The monoisotopic (exact) mass is 200 g/mol. The first-order valence-corrected chi connectivity index (χ1v) is 4.42. The van der Waals surface area contributed by atoms with Crippen molar-refractivity contribution >= 4 is 0 Å². The predicted molar refractivity (Wildman–Crippen MR) is 46.5 cm³/mol. The third-order valence-electron chi connectivity index (χ3n) is 2.91. The summed E-state index contributed by atoms with van der Waals surface area (Å²) in [7, 11) is 1.71. The highest BCUT2D eigenvalue weighted by molar-refractivity contribution is 5.12. The molecule has 0 bridgehead atoms. The predicted octanol–water partition coefficient (Wildman–Crippen LogP) is -0.537. The number of tetrazole rings is 1. The molecule has 14 heavy (non-hydrogen) atoms. The lowest BCUT2D eigenvalue weighted by Gasteiger charge is -2.20. The second-order valence-electron chi connectivity index (χ2n) is 3.94. The van der Waals surface area contributed by atoms with E-state index in [0.717, 1.165) is 0 Å². The molecule has 3 unspecified atom stereocenters. The quantitative estimate of drug-likeness (QED) is 0.506. The average Bonchev–Trinajstić information content (AvgIpc) is 2.57. The number of aryl methyl sites for hydroxylation is 1. The van der Waals surface area contributed by atoms with E-state index in [9.17, 15) is 4.39 Å². The summed E-state index contributed by atoms with van der Waals surface area (Å²) in [5, 5.41) is 11.0. The van der Waals surface area contributed by atoms with Gasteiger partial charge in [0, 0.05) is 12.5 Å². The maximum atomic E-state index is 13.1. The van der Waals surface area contributed by atoms with E-state index in [1.807, 2.05) is 6.92 Å². The topological polar surface area (TPSA) is 81.7 Å². The fourth-order valence-electron chi connectivity index (χ4n) is 1.67. The molecule has 0 radical (unpaired) electrons. The lowest BCUT2D eigenvalue weighted by atomic mass is 9.98. The van der Waals surface area contributed by atoms with Crippen molar-refractivity contribution < 1.29 is 4.39 Å². The van der Waals surface area contributed by atoms with Crippen molar-refractivity contribution in [2.24, 2.45) is 18.3 Å². The van der Waals surface area contributed by atoms with Crippen LogP contribution in [0.1, 0.15) is 25.2 Å². The smallest absolute Gasteiger partial charge is 0.169 e. The molecule has 1 aromatic rings. The van der Waals surface area contributed by atoms with Gasteiger partial charge in [0.25, 0.3) is 0 Å². The van der Waals surface area contributed by atoms with Gasteiger partial charge in [-0.2, -0.15) is 0 Å². The molecule has 7 heteroatoms. The third kappa shape index (κ3) is 1.20. The summed E-state index contributed by atoms with van der Waals surface area (Å²) in [5.74, 6) is 5.96. The Bertz CT molecular complexity index is 339. The van der Waals surface area contributed by atoms with Crippen LogP contribution >= 0.6 is 0 Å². The fourth-order valence-corrected chi connectivity index (χ4v) is 1.67. The van der Waals surface area contributed by atoms with E-state index in [1.54, 1.807) is 7.05 Å². The minimum Gasteiger partial charge on any atom is -0.271 e.